The highest BCUT2D eigenvalue weighted by atomic mass is 35.5. The van der Waals surface area contributed by atoms with Crippen molar-refractivity contribution in [3.63, 3.8) is 0 Å². The number of halogens is 1. The summed E-state index contributed by atoms with van der Waals surface area (Å²) in [6.45, 7) is 0. The molecule has 1 saturated carbocycles. The van der Waals surface area contributed by atoms with Gasteiger partial charge in [-0.3, -0.25) is 19.5 Å². The van der Waals surface area contributed by atoms with Crippen molar-refractivity contribution in [1.82, 2.24) is 10.3 Å². The number of nitrogens with one attached hydrogen (secondary N) is 1. The molecule has 0 saturated heterocycles. The molecule has 2 aromatic heterocycles. The third kappa shape index (κ3) is 4.39. The Morgan fingerprint density at radius 3 is 2.40 bits per heavy atom. The van der Waals surface area contributed by atoms with Gasteiger partial charge in [-0.05, 0) is 66.9 Å². The number of anilines is 1. The number of furan rings is 1. The van der Waals surface area contributed by atoms with Gasteiger partial charge in [-0.1, -0.05) is 24.4 Å². The number of pyridine rings is 1. The Bertz CT molecular complexity index is 984. The third-order valence-electron chi connectivity index (χ3n) is 5.29. The van der Waals surface area contributed by atoms with Gasteiger partial charge in [0.15, 0.2) is 5.76 Å². The van der Waals surface area contributed by atoms with Gasteiger partial charge in [-0.15, -0.1) is 0 Å². The molecule has 2 amide bonds. The molecule has 30 heavy (non-hydrogen) atoms. The molecule has 1 atom stereocenters. The maximum atomic E-state index is 13.5. The minimum atomic E-state index is -0.882. The lowest BCUT2D eigenvalue weighted by atomic mass is 10.0. The predicted octanol–water partition coefficient (Wildman–Crippen LogP) is 4.77. The molecular formula is C23H22ClN3O3. The zero-order valence-electron chi connectivity index (χ0n) is 16.3. The van der Waals surface area contributed by atoms with Gasteiger partial charge in [-0.2, -0.15) is 0 Å². The normalized spacial score (nSPS) is 15.0. The number of carbonyl (C=O) groups excluding carboxylic acids is 2. The van der Waals surface area contributed by atoms with Crippen molar-refractivity contribution < 1.29 is 14.0 Å². The Balaban J connectivity index is 1.78. The molecule has 1 N–H and O–H groups in total. The van der Waals surface area contributed by atoms with Gasteiger partial charge in [0.25, 0.3) is 5.91 Å². The molecule has 1 aliphatic rings. The maximum absolute atomic E-state index is 13.5. The molecule has 0 aliphatic heterocycles. The number of hydrogen-bond donors (Lipinski definition) is 1. The molecule has 0 unspecified atom stereocenters. The summed E-state index contributed by atoms with van der Waals surface area (Å²) in [6.07, 6.45) is 8.75. The van der Waals surface area contributed by atoms with Gasteiger partial charge in [0.1, 0.15) is 6.04 Å². The molecule has 1 fully saturated rings. The zero-order chi connectivity index (χ0) is 20.9. The van der Waals surface area contributed by atoms with Crippen LogP contribution in [0, 0.1) is 0 Å². The molecule has 0 radical (unpaired) electrons. The molecular weight excluding hydrogens is 402 g/mol. The number of rotatable bonds is 6. The number of aromatic nitrogens is 1. The fourth-order valence-corrected chi connectivity index (χ4v) is 3.94. The van der Waals surface area contributed by atoms with Crippen LogP contribution in [-0.2, 0) is 4.79 Å². The van der Waals surface area contributed by atoms with Crippen molar-refractivity contribution in [1.29, 1.82) is 0 Å². The van der Waals surface area contributed by atoms with Crippen LogP contribution >= 0.6 is 11.6 Å². The van der Waals surface area contributed by atoms with Crippen LogP contribution in [0.25, 0.3) is 0 Å². The molecule has 3 aromatic rings. The summed E-state index contributed by atoms with van der Waals surface area (Å²) in [5, 5.41) is 3.67. The summed E-state index contributed by atoms with van der Waals surface area (Å²) in [5.74, 6) is -0.494. The van der Waals surface area contributed by atoms with Crippen molar-refractivity contribution in [3.8, 4) is 0 Å². The second-order valence-electron chi connectivity index (χ2n) is 7.30. The minimum absolute atomic E-state index is 0.118. The van der Waals surface area contributed by atoms with E-state index in [1.165, 1.54) is 11.2 Å². The molecule has 0 bridgehead atoms. The number of hydrogen-bond acceptors (Lipinski definition) is 4. The number of carbonyl (C=O) groups is 2. The first kappa shape index (κ1) is 20.2. The van der Waals surface area contributed by atoms with Crippen molar-refractivity contribution in [2.45, 2.75) is 37.8 Å². The number of amides is 2. The Hall–Kier alpha value is -3.12. The van der Waals surface area contributed by atoms with Crippen molar-refractivity contribution in [3.05, 3.63) is 83.5 Å². The molecule has 2 heterocycles. The first-order valence-electron chi connectivity index (χ1n) is 9.96. The lowest BCUT2D eigenvalue weighted by Gasteiger charge is -2.31. The highest BCUT2D eigenvalue weighted by molar-refractivity contribution is 6.30. The topological polar surface area (TPSA) is 75.4 Å². The van der Waals surface area contributed by atoms with Crippen LogP contribution in [-0.4, -0.2) is 22.8 Å². The summed E-state index contributed by atoms with van der Waals surface area (Å²) in [5.41, 5.74) is 1.21. The van der Waals surface area contributed by atoms with Gasteiger partial charge < -0.3 is 9.73 Å². The fourth-order valence-electron chi connectivity index (χ4n) is 3.82. The Kier molecular flexibility index (Phi) is 6.14. The van der Waals surface area contributed by atoms with Crippen LogP contribution in [0.5, 0.6) is 0 Å². The van der Waals surface area contributed by atoms with E-state index in [1.54, 1.807) is 60.9 Å². The van der Waals surface area contributed by atoms with Gasteiger partial charge >= 0.3 is 0 Å². The number of nitrogens with zero attached hydrogens (tertiary/aromatic N) is 2. The third-order valence-corrected chi connectivity index (χ3v) is 5.54. The molecule has 7 heteroatoms. The summed E-state index contributed by atoms with van der Waals surface area (Å²) < 4.78 is 5.36. The lowest BCUT2D eigenvalue weighted by molar-refractivity contribution is -0.123. The Labute approximate surface area is 179 Å². The van der Waals surface area contributed by atoms with E-state index in [0.717, 1.165) is 25.7 Å². The van der Waals surface area contributed by atoms with E-state index in [1.807, 2.05) is 0 Å². The SMILES string of the molecule is O=C(NC1CCCC1)[C@@H](c1ccncc1)N(C(=O)c1ccco1)c1ccc(Cl)cc1. The predicted molar refractivity (Wildman–Crippen MR) is 114 cm³/mol. The van der Waals surface area contributed by atoms with Crippen molar-refractivity contribution >= 4 is 29.1 Å². The van der Waals surface area contributed by atoms with Crippen LogP contribution in [0.1, 0.15) is 47.8 Å². The monoisotopic (exact) mass is 423 g/mol. The van der Waals surface area contributed by atoms with Crippen LogP contribution in [0.4, 0.5) is 5.69 Å². The standard InChI is InChI=1S/C23H22ClN3O3/c24-17-7-9-19(10-8-17)27(23(29)20-6-3-15-30-20)21(16-11-13-25-14-12-16)22(28)26-18-4-1-2-5-18/h3,6-15,18,21H,1-2,4-5H2,(H,26,28)/t21-/m1/s1. The van der Waals surface area contributed by atoms with Crippen molar-refractivity contribution in [2.24, 2.45) is 0 Å². The van der Waals surface area contributed by atoms with E-state index in [2.05, 4.69) is 10.3 Å². The first-order valence-corrected chi connectivity index (χ1v) is 10.3. The van der Waals surface area contributed by atoms with E-state index in [-0.39, 0.29) is 17.7 Å². The molecule has 6 nitrogen and oxygen atoms in total. The fraction of sp³-hybridized carbons (Fsp3) is 0.261. The van der Waals surface area contributed by atoms with Gasteiger partial charge in [0.2, 0.25) is 5.91 Å². The number of benzene rings is 1. The van der Waals surface area contributed by atoms with Crippen LogP contribution in [0.2, 0.25) is 5.02 Å². The molecule has 0 spiro atoms. The summed E-state index contributed by atoms with van der Waals surface area (Å²) >= 11 is 6.06. The zero-order valence-corrected chi connectivity index (χ0v) is 17.1. The first-order chi connectivity index (χ1) is 14.6. The van der Waals surface area contributed by atoms with Crippen LogP contribution in [0.3, 0.4) is 0 Å². The van der Waals surface area contributed by atoms with E-state index in [4.69, 9.17) is 16.0 Å². The van der Waals surface area contributed by atoms with E-state index in [9.17, 15) is 9.59 Å². The molecule has 1 aromatic carbocycles. The Morgan fingerprint density at radius 1 is 1.07 bits per heavy atom. The molecule has 1 aliphatic carbocycles. The second-order valence-corrected chi connectivity index (χ2v) is 7.74. The highest BCUT2D eigenvalue weighted by Gasteiger charge is 2.35. The smallest absolute Gasteiger partial charge is 0.294 e. The quantitative estimate of drug-likeness (QED) is 0.619. The van der Waals surface area contributed by atoms with Crippen LogP contribution in [0.15, 0.2) is 71.6 Å². The van der Waals surface area contributed by atoms with Crippen molar-refractivity contribution in [2.75, 3.05) is 4.90 Å². The lowest BCUT2D eigenvalue weighted by Crippen LogP contribution is -2.46. The summed E-state index contributed by atoms with van der Waals surface area (Å²) in [4.78, 5) is 32.4. The van der Waals surface area contributed by atoms with Gasteiger partial charge in [-0.25, -0.2) is 0 Å². The molecule has 154 valence electrons. The average Bonchev–Trinajstić information content (AvgIpc) is 3.47. The largest absolute Gasteiger partial charge is 0.459 e. The molecule has 4 rings (SSSR count). The Morgan fingerprint density at radius 2 is 1.77 bits per heavy atom. The van der Waals surface area contributed by atoms with Gasteiger partial charge in [0, 0.05) is 29.1 Å². The maximum Gasteiger partial charge on any atom is 0.294 e. The summed E-state index contributed by atoms with van der Waals surface area (Å²) in [6, 6.07) is 12.8. The van der Waals surface area contributed by atoms with E-state index < -0.39 is 11.9 Å². The minimum Gasteiger partial charge on any atom is -0.459 e. The summed E-state index contributed by atoms with van der Waals surface area (Å²) in [7, 11) is 0. The highest BCUT2D eigenvalue weighted by Crippen LogP contribution is 2.31. The van der Waals surface area contributed by atoms with Crippen LogP contribution < -0.4 is 10.2 Å². The van der Waals surface area contributed by atoms with Gasteiger partial charge in [0.05, 0.1) is 6.26 Å². The average molecular weight is 424 g/mol. The van der Waals surface area contributed by atoms with E-state index in [0.29, 0.717) is 16.3 Å². The second kappa shape index (κ2) is 9.13. The van der Waals surface area contributed by atoms with E-state index >= 15 is 0 Å².